The van der Waals surface area contributed by atoms with E-state index in [1.807, 2.05) is 0 Å². The molecule has 3 heteroatoms. The number of hydrogen-bond donors (Lipinski definition) is 0. The van der Waals surface area contributed by atoms with Crippen molar-refractivity contribution >= 4 is 34.9 Å². The number of hydrogen-bond acceptors (Lipinski definition) is 3. The lowest BCUT2D eigenvalue weighted by atomic mass is 9.74. The zero-order valence-electron chi connectivity index (χ0n) is 34.7. The van der Waals surface area contributed by atoms with Crippen molar-refractivity contribution in [1.82, 2.24) is 0 Å². The topological polar surface area (TPSA) is 15.7 Å². The van der Waals surface area contributed by atoms with Crippen molar-refractivity contribution < 1.29 is 4.74 Å². The Hall–Kier alpha value is -6.58. The molecule has 3 nitrogen and oxygen atoms in total. The van der Waals surface area contributed by atoms with E-state index in [2.05, 4.69) is 207 Å². The first-order chi connectivity index (χ1) is 29.2. The van der Waals surface area contributed by atoms with Gasteiger partial charge in [0.2, 0.25) is 0 Å². The minimum atomic E-state index is -0.137. The molecule has 2 unspecified atom stereocenters. The molecule has 0 saturated heterocycles. The molecule has 0 fully saturated rings. The van der Waals surface area contributed by atoms with E-state index in [9.17, 15) is 0 Å². The fourth-order valence-corrected chi connectivity index (χ4v) is 11.2. The van der Waals surface area contributed by atoms with Crippen molar-refractivity contribution in [3.05, 3.63) is 219 Å². The summed E-state index contributed by atoms with van der Waals surface area (Å²) in [4.78, 5) is 4.89. The van der Waals surface area contributed by atoms with Gasteiger partial charge < -0.3 is 14.5 Å². The largest absolute Gasteiger partial charge is 0.457 e. The number of para-hydroxylation sites is 4. The van der Waals surface area contributed by atoms with Gasteiger partial charge in [-0.2, -0.15) is 0 Å². The smallest absolute Gasteiger partial charge is 0.151 e. The molecule has 2 heterocycles. The lowest BCUT2D eigenvalue weighted by Gasteiger charge is -2.38. The Kier molecular flexibility index (Phi) is 7.64. The van der Waals surface area contributed by atoms with Gasteiger partial charge in [-0.15, -0.1) is 0 Å². The summed E-state index contributed by atoms with van der Waals surface area (Å²) in [5.74, 6) is 2.70. The number of ether oxygens (including phenoxy) is 1. The summed E-state index contributed by atoms with van der Waals surface area (Å²) in [6, 6.07) is 47.5. The monoisotopic (exact) mass is 776 g/mol. The number of rotatable bonds is 4. The van der Waals surface area contributed by atoms with Gasteiger partial charge >= 0.3 is 0 Å². The van der Waals surface area contributed by atoms with Crippen LogP contribution < -0.4 is 14.5 Å². The third-order valence-corrected chi connectivity index (χ3v) is 14.4. The molecule has 0 saturated carbocycles. The molecule has 292 valence electrons. The van der Waals surface area contributed by atoms with Gasteiger partial charge in [-0.3, -0.25) is 0 Å². The van der Waals surface area contributed by atoms with Gasteiger partial charge in [-0.1, -0.05) is 149 Å². The van der Waals surface area contributed by atoms with Crippen LogP contribution in [0.5, 0.6) is 5.75 Å². The summed E-state index contributed by atoms with van der Waals surface area (Å²) in [5, 5.41) is 0. The minimum Gasteiger partial charge on any atom is -0.457 e. The van der Waals surface area contributed by atoms with Gasteiger partial charge in [0, 0.05) is 46.9 Å². The molecule has 6 aliphatic rings. The zero-order chi connectivity index (χ0) is 40.3. The van der Waals surface area contributed by atoms with Crippen LogP contribution >= 0.6 is 0 Å². The van der Waals surface area contributed by atoms with Crippen molar-refractivity contribution in [2.45, 2.75) is 63.7 Å². The predicted molar refractivity (Wildman–Crippen MR) is 248 cm³/mol. The van der Waals surface area contributed by atoms with Crippen LogP contribution in [0.15, 0.2) is 175 Å². The van der Waals surface area contributed by atoms with E-state index >= 15 is 0 Å². The fraction of sp³-hybridized carbons (Fsp3) is 0.193. The average Bonchev–Trinajstić information content (AvgIpc) is 3.64. The molecule has 12 rings (SSSR count). The molecule has 0 bridgehead atoms. The maximum Gasteiger partial charge on any atom is 0.151 e. The summed E-state index contributed by atoms with van der Waals surface area (Å²) in [6.07, 6.45) is 19.4. The summed E-state index contributed by atoms with van der Waals surface area (Å²) in [5.41, 5.74) is 20.6. The van der Waals surface area contributed by atoms with E-state index in [0.29, 0.717) is 11.8 Å². The van der Waals surface area contributed by atoms with Gasteiger partial charge in [0.1, 0.15) is 5.76 Å². The molecule has 0 amide bonds. The van der Waals surface area contributed by atoms with Crippen LogP contribution in [-0.2, 0) is 17.3 Å². The summed E-state index contributed by atoms with van der Waals surface area (Å²) < 4.78 is 6.42. The van der Waals surface area contributed by atoms with Crippen molar-refractivity contribution in [2.24, 2.45) is 5.92 Å². The third-order valence-electron chi connectivity index (χ3n) is 14.4. The lowest BCUT2D eigenvalue weighted by molar-refractivity contribution is 0.383. The van der Waals surface area contributed by atoms with Crippen molar-refractivity contribution in [1.29, 1.82) is 0 Å². The number of anilines is 4. The van der Waals surface area contributed by atoms with Crippen LogP contribution in [-0.4, -0.2) is 0 Å². The Morgan fingerprint density at radius 3 is 2.05 bits per heavy atom. The molecule has 0 N–H and O–H groups in total. The molecular weight excluding hydrogens is 729 g/mol. The predicted octanol–water partition coefficient (Wildman–Crippen LogP) is 14.4. The molecule has 0 aromatic heterocycles. The molecule has 4 aliphatic carbocycles. The van der Waals surface area contributed by atoms with Gasteiger partial charge in [0.15, 0.2) is 5.75 Å². The van der Waals surface area contributed by atoms with E-state index in [4.69, 9.17) is 4.74 Å². The first-order valence-corrected chi connectivity index (χ1v) is 21.7. The van der Waals surface area contributed by atoms with E-state index in [0.717, 1.165) is 42.2 Å². The van der Waals surface area contributed by atoms with E-state index in [1.165, 1.54) is 78.4 Å². The standard InChI is InChI=1S/C57H48N2O/c1-56(2)46-31-36(23-27-42(46)44-29-25-40(34-48(44)56)58-50-15-7-5-13-38(50)33-39-14-6-8-16-51(39)58)21-22-37-24-28-43-45-30-26-41(35-49(45)57(3,4)47(43)32-37)59-52-17-9-11-19-54(52)60-55-20-12-10-18-53(55)59/h5-11,13-19,21-32,34-35,45,49H,12,20,33H2,1-4H3/b22-21+. The molecule has 2 aliphatic heterocycles. The number of nitrogens with zero attached hydrogens (tertiary/aromatic N) is 2. The van der Waals surface area contributed by atoms with E-state index in [1.54, 1.807) is 0 Å². The number of fused-ring (bicyclic) bond motifs is 9. The molecular formula is C57H48N2O. The highest BCUT2D eigenvalue weighted by atomic mass is 16.5. The van der Waals surface area contributed by atoms with Crippen LogP contribution in [0.3, 0.4) is 0 Å². The van der Waals surface area contributed by atoms with E-state index in [-0.39, 0.29) is 10.8 Å². The normalized spacial score (nSPS) is 20.6. The van der Waals surface area contributed by atoms with Crippen molar-refractivity contribution in [3.8, 4) is 16.9 Å². The van der Waals surface area contributed by atoms with Crippen LogP contribution in [0.1, 0.15) is 91.0 Å². The molecule has 0 spiro atoms. The Morgan fingerprint density at radius 2 is 1.28 bits per heavy atom. The molecule has 6 aromatic rings. The Morgan fingerprint density at radius 1 is 0.633 bits per heavy atom. The molecule has 2 atom stereocenters. The number of benzene rings is 6. The third kappa shape index (κ3) is 5.21. The first-order valence-electron chi connectivity index (χ1n) is 21.7. The average molecular weight is 777 g/mol. The van der Waals surface area contributed by atoms with Gasteiger partial charge in [-0.25, -0.2) is 0 Å². The fourth-order valence-electron chi connectivity index (χ4n) is 11.2. The summed E-state index contributed by atoms with van der Waals surface area (Å²) in [7, 11) is 0. The van der Waals surface area contributed by atoms with Crippen LogP contribution in [0, 0.1) is 5.92 Å². The minimum absolute atomic E-state index is 0.0359. The maximum absolute atomic E-state index is 6.42. The zero-order valence-corrected chi connectivity index (χ0v) is 34.7. The van der Waals surface area contributed by atoms with E-state index < -0.39 is 0 Å². The summed E-state index contributed by atoms with van der Waals surface area (Å²) >= 11 is 0. The summed E-state index contributed by atoms with van der Waals surface area (Å²) in [6.45, 7) is 9.65. The van der Waals surface area contributed by atoms with Crippen LogP contribution in [0.2, 0.25) is 0 Å². The second-order valence-corrected chi connectivity index (χ2v) is 18.5. The lowest BCUT2D eigenvalue weighted by Crippen LogP contribution is -2.32. The maximum atomic E-state index is 6.42. The van der Waals surface area contributed by atoms with Gasteiger partial charge in [0.25, 0.3) is 0 Å². The van der Waals surface area contributed by atoms with Crippen molar-refractivity contribution in [3.63, 3.8) is 0 Å². The number of allylic oxidation sites excluding steroid dienone is 6. The Balaban J connectivity index is 0.834. The Labute approximate surface area is 354 Å². The first kappa shape index (κ1) is 35.4. The highest BCUT2D eigenvalue weighted by molar-refractivity contribution is 5.89. The molecule has 0 radical (unpaired) electrons. The second kappa shape index (κ2) is 13.0. The van der Waals surface area contributed by atoms with Gasteiger partial charge in [-0.05, 0) is 122 Å². The molecule has 60 heavy (non-hydrogen) atoms. The SMILES string of the molecule is CC1(C)c2cc(/C=C/c3ccc4c(c3)C(C)(C)C3C=C(N5C6=C(CCC=C6)Oc6ccccc65)C=CC43)ccc2-c2ccc(N3c4ccccc4Cc4ccccc43)cc21. The molecule has 6 aromatic carbocycles. The highest BCUT2D eigenvalue weighted by Crippen LogP contribution is 2.56. The van der Waals surface area contributed by atoms with Crippen LogP contribution in [0.25, 0.3) is 23.3 Å². The van der Waals surface area contributed by atoms with Crippen molar-refractivity contribution in [2.75, 3.05) is 9.80 Å². The van der Waals surface area contributed by atoms with Crippen LogP contribution in [0.4, 0.5) is 22.7 Å². The second-order valence-electron chi connectivity index (χ2n) is 18.5. The van der Waals surface area contributed by atoms with Gasteiger partial charge in [0.05, 0.1) is 11.4 Å². The Bertz CT molecular complexity index is 2920. The highest BCUT2D eigenvalue weighted by Gasteiger charge is 2.46. The quantitative estimate of drug-likeness (QED) is 0.166.